The molecule has 18 heavy (non-hydrogen) atoms. The first-order valence-corrected chi connectivity index (χ1v) is 6.55. The third-order valence-corrected chi connectivity index (χ3v) is 2.53. The van der Waals surface area contributed by atoms with E-state index in [1.807, 2.05) is 24.3 Å². The summed E-state index contributed by atoms with van der Waals surface area (Å²) in [5.41, 5.74) is 0.899. The summed E-state index contributed by atoms with van der Waals surface area (Å²) < 4.78 is 5.75. The molecule has 0 unspecified atom stereocenters. The van der Waals surface area contributed by atoms with Crippen molar-refractivity contribution in [3.05, 3.63) is 29.8 Å². The zero-order valence-corrected chi connectivity index (χ0v) is 11.3. The maximum absolute atomic E-state index is 8.71. The Hall–Kier alpha value is -1.46. The molecule has 1 aromatic carbocycles. The molecule has 98 valence electrons. The Labute approximate surface area is 110 Å². The maximum atomic E-state index is 8.71. The van der Waals surface area contributed by atoms with Crippen LogP contribution in [0.25, 0.3) is 0 Å². The molecule has 0 aliphatic carbocycles. The number of aliphatic hydroxyl groups excluding tert-OH is 1. The van der Waals surface area contributed by atoms with Gasteiger partial charge in [0.1, 0.15) is 5.75 Å². The molecule has 0 aliphatic rings. The molecule has 0 aliphatic heterocycles. The van der Waals surface area contributed by atoms with Crippen molar-refractivity contribution in [3.63, 3.8) is 0 Å². The fourth-order valence-corrected chi connectivity index (χ4v) is 1.58. The molecule has 1 N–H and O–H groups in total. The monoisotopic (exact) mass is 246 g/mol. The molecule has 0 saturated carbocycles. The van der Waals surface area contributed by atoms with Crippen molar-refractivity contribution in [1.29, 1.82) is 0 Å². The van der Waals surface area contributed by atoms with Crippen molar-refractivity contribution in [2.45, 2.75) is 33.1 Å². The summed E-state index contributed by atoms with van der Waals surface area (Å²) in [5, 5.41) is 8.71. The molecular formula is C16H22O2. The van der Waals surface area contributed by atoms with Crippen LogP contribution >= 0.6 is 0 Å². The van der Waals surface area contributed by atoms with Crippen LogP contribution in [-0.2, 0) is 0 Å². The van der Waals surface area contributed by atoms with Crippen LogP contribution in [0.15, 0.2) is 24.3 Å². The molecule has 0 saturated heterocycles. The minimum absolute atomic E-state index is 0.102. The number of rotatable bonds is 6. The van der Waals surface area contributed by atoms with E-state index >= 15 is 0 Å². The number of aliphatic hydroxyl groups is 1. The van der Waals surface area contributed by atoms with Crippen molar-refractivity contribution in [3.8, 4) is 17.6 Å². The van der Waals surface area contributed by atoms with Gasteiger partial charge >= 0.3 is 0 Å². The second-order valence-corrected chi connectivity index (χ2v) is 4.66. The minimum atomic E-state index is 0.102. The Morgan fingerprint density at radius 2 is 2.06 bits per heavy atom. The largest absolute Gasteiger partial charge is 0.492 e. The summed E-state index contributed by atoms with van der Waals surface area (Å²) in [5.74, 6) is 7.50. The highest BCUT2D eigenvalue weighted by Crippen LogP contribution is 2.17. The van der Waals surface area contributed by atoms with Crippen LogP contribution in [0.1, 0.15) is 38.7 Å². The molecule has 0 atom stereocenters. The molecule has 1 aromatic rings. The minimum Gasteiger partial charge on any atom is -0.492 e. The third kappa shape index (κ3) is 5.75. The molecule has 1 rings (SSSR count). The Bertz CT molecular complexity index is 399. The van der Waals surface area contributed by atoms with Gasteiger partial charge in [-0.3, -0.25) is 0 Å². The number of benzene rings is 1. The topological polar surface area (TPSA) is 29.5 Å². The molecule has 0 heterocycles. The second kappa shape index (κ2) is 8.60. The van der Waals surface area contributed by atoms with Gasteiger partial charge in [0.25, 0.3) is 0 Å². The van der Waals surface area contributed by atoms with E-state index in [0.29, 0.717) is 12.3 Å². The van der Waals surface area contributed by atoms with Gasteiger partial charge in [0.05, 0.1) is 18.8 Å². The number of ether oxygens (including phenoxy) is 1. The Morgan fingerprint density at radius 3 is 2.78 bits per heavy atom. The lowest BCUT2D eigenvalue weighted by molar-refractivity contribution is 0.297. The van der Waals surface area contributed by atoms with E-state index in [4.69, 9.17) is 9.84 Å². The van der Waals surface area contributed by atoms with Crippen LogP contribution in [0, 0.1) is 17.8 Å². The molecule has 0 radical (unpaired) electrons. The quantitative estimate of drug-likeness (QED) is 0.617. The third-order valence-electron chi connectivity index (χ3n) is 2.53. The number of hydrogen-bond donors (Lipinski definition) is 1. The zero-order valence-electron chi connectivity index (χ0n) is 11.3. The van der Waals surface area contributed by atoms with Crippen molar-refractivity contribution in [2.75, 3.05) is 13.2 Å². The lowest BCUT2D eigenvalue weighted by Crippen LogP contribution is -2.00. The fourth-order valence-electron chi connectivity index (χ4n) is 1.58. The average Bonchev–Trinajstić information content (AvgIpc) is 2.36. The predicted octanol–water partition coefficient (Wildman–Crippen LogP) is 3.24. The first kappa shape index (κ1) is 14.6. The molecular weight excluding hydrogens is 224 g/mol. The van der Waals surface area contributed by atoms with E-state index in [2.05, 4.69) is 25.7 Å². The lowest BCUT2D eigenvalue weighted by Gasteiger charge is -2.09. The highest BCUT2D eigenvalue weighted by molar-refractivity contribution is 5.45. The van der Waals surface area contributed by atoms with Crippen LogP contribution in [0.2, 0.25) is 0 Å². The van der Waals surface area contributed by atoms with Gasteiger partial charge in [0, 0.05) is 6.42 Å². The van der Waals surface area contributed by atoms with Gasteiger partial charge in [-0.2, -0.15) is 0 Å². The standard InChI is InChI=1S/C16H22O2/c1-14(2)8-7-13-18-16-11-4-3-9-15(16)10-5-6-12-17/h3-4,9,11,14,17H,6-8,12-13H2,1-2H3. The zero-order chi connectivity index (χ0) is 13.2. The smallest absolute Gasteiger partial charge is 0.134 e. The van der Waals surface area contributed by atoms with E-state index < -0.39 is 0 Å². The van der Waals surface area contributed by atoms with E-state index in [-0.39, 0.29) is 6.61 Å². The summed E-state index contributed by atoms with van der Waals surface area (Å²) in [6.45, 7) is 5.27. The lowest BCUT2D eigenvalue weighted by atomic mass is 10.1. The normalized spacial score (nSPS) is 10.0. The van der Waals surface area contributed by atoms with E-state index in [9.17, 15) is 0 Å². The fraction of sp³-hybridized carbons (Fsp3) is 0.500. The number of hydrogen-bond acceptors (Lipinski definition) is 2. The highest BCUT2D eigenvalue weighted by atomic mass is 16.5. The van der Waals surface area contributed by atoms with Crippen LogP contribution < -0.4 is 4.74 Å². The molecule has 0 amide bonds. The highest BCUT2D eigenvalue weighted by Gasteiger charge is 2.00. The van der Waals surface area contributed by atoms with Crippen LogP contribution in [-0.4, -0.2) is 18.3 Å². The Balaban J connectivity index is 2.52. The predicted molar refractivity (Wildman–Crippen MR) is 74.6 cm³/mol. The summed E-state index contributed by atoms with van der Waals surface area (Å²) in [6.07, 6.45) is 2.75. The summed E-state index contributed by atoms with van der Waals surface area (Å²) in [6, 6.07) is 7.79. The van der Waals surface area contributed by atoms with Crippen molar-refractivity contribution in [1.82, 2.24) is 0 Å². The van der Waals surface area contributed by atoms with E-state index in [1.165, 1.54) is 6.42 Å². The Kier molecular flexibility index (Phi) is 6.98. The Morgan fingerprint density at radius 1 is 1.28 bits per heavy atom. The first-order chi connectivity index (χ1) is 8.74. The SMILES string of the molecule is CC(C)CCCOc1ccccc1C#CCCO. The molecule has 0 fully saturated rings. The van der Waals surface area contributed by atoms with Gasteiger partial charge in [-0.05, 0) is 30.9 Å². The van der Waals surface area contributed by atoms with Crippen molar-refractivity contribution in [2.24, 2.45) is 5.92 Å². The van der Waals surface area contributed by atoms with Gasteiger partial charge in [0.15, 0.2) is 0 Å². The van der Waals surface area contributed by atoms with E-state index in [1.54, 1.807) is 0 Å². The van der Waals surface area contributed by atoms with Crippen LogP contribution in [0.3, 0.4) is 0 Å². The van der Waals surface area contributed by atoms with Crippen molar-refractivity contribution >= 4 is 0 Å². The van der Waals surface area contributed by atoms with Gasteiger partial charge in [-0.25, -0.2) is 0 Å². The summed E-state index contributed by atoms with van der Waals surface area (Å²) in [7, 11) is 0. The second-order valence-electron chi connectivity index (χ2n) is 4.66. The van der Waals surface area contributed by atoms with Crippen LogP contribution in [0.4, 0.5) is 0 Å². The average molecular weight is 246 g/mol. The molecule has 0 spiro atoms. The maximum Gasteiger partial charge on any atom is 0.134 e. The van der Waals surface area contributed by atoms with Gasteiger partial charge in [0.2, 0.25) is 0 Å². The molecule has 0 aromatic heterocycles. The van der Waals surface area contributed by atoms with Gasteiger partial charge in [-0.15, -0.1) is 0 Å². The molecule has 2 heteroatoms. The van der Waals surface area contributed by atoms with E-state index in [0.717, 1.165) is 24.3 Å². The van der Waals surface area contributed by atoms with Gasteiger partial charge < -0.3 is 9.84 Å². The summed E-state index contributed by atoms with van der Waals surface area (Å²) in [4.78, 5) is 0. The van der Waals surface area contributed by atoms with Crippen LogP contribution in [0.5, 0.6) is 5.75 Å². The van der Waals surface area contributed by atoms with Gasteiger partial charge in [-0.1, -0.05) is 37.8 Å². The molecule has 2 nitrogen and oxygen atoms in total. The summed E-state index contributed by atoms with van der Waals surface area (Å²) >= 11 is 0. The molecule has 0 bridgehead atoms. The number of para-hydroxylation sites is 1. The van der Waals surface area contributed by atoms with Crippen molar-refractivity contribution < 1.29 is 9.84 Å². The first-order valence-electron chi connectivity index (χ1n) is 6.55.